The van der Waals surface area contributed by atoms with Gasteiger partial charge in [-0.25, -0.2) is 8.42 Å². The van der Waals surface area contributed by atoms with E-state index in [4.69, 9.17) is 0 Å². The second kappa shape index (κ2) is 7.41. The average molecular weight is 389 g/mol. The molecule has 2 aromatic rings. The summed E-state index contributed by atoms with van der Waals surface area (Å²) < 4.78 is 26.6. The number of amides is 1. The Morgan fingerprint density at radius 3 is 2.67 bits per heavy atom. The van der Waals surface area contributed by atoms with Crippen molar-refractivity contribution in [2.75, 3.05) is 19.6 Å². The van der Waals surface area contributed by atoms with E-state index in [0.29, 0.717) is 36.8 Å². The third kappa shape index (κ3) is 3.62. The number of aromatic nitrogens is 2. The summed E-state index contributed by atoms with van der Waals surface area (Å²) >= 11 is 0. The fraction of sp³-hybridized carbons (Fsp3) is 0.444. The highest BCUT2D eigenvalue weighted by atomic mass is 32.2. The van der Waals surface area contributed by atoms with Crippen LogP contribution in [0.3, 0.4) is 0 Å². The first kappa shape index (κ1) is 18.1. The predicted molar refractivity (Wildman–Crippen MR) is 99.6 cm³/mol. The lowest BCUT2D eigenvalue weighted by molar-refractivity contribution is 0.0944. The Morgan fingerprint density at radius 1 is 1.19 bits per heavy atom. The molecular formula is C18H23N5O3S. The highest BCUT2D eigenvalue weighted by Crippen LogP contribution is 2.21. The van der Waals surface area contributed by atoms with Crippen molar-refractivity contribution in [1.29, 1.82) is 0 Å². The molecule has 144 valence electrons. The number of nitrogens with one attached hydrogen (secondary N) is 3. The zero-order valence-electron chi connectivity index (χ0n) is 15.0. The largest absolute Gasteiger partial charge is 0.347 e. The molecule has 3 heterocycles. The Labute approximate surface area is 158 Å². The van der Waals surface area contributed by atoms with Gasteiger partial charge in [0.25, 0.3) is 5.91 Å². The summed E-state index contributed by atoms with van der Waals surface area (Å²) in [6.07, 6.45) is 2.66. The molecule has 1 aromatic heterocycles. The van der Waals surface area contributed by atoms with Crippen LogP contribution >= 0.6 is 0 Å². The van der Waals surface area contributed by atoms with E-state index in [1.54, 1.807) is 24.3 Å². The number of carbonyl (C=O) groups excluding carboxylic acids is 1. The summed E-state index contributed by atoms with van der Waals surface area (Å²) in [5, 5.41) is 13.2. The van der Waals surface area contributed by atoms with Crippen molar-refractivity contribution < 1.29 is 13.2 Å². The Hall–Kier alpha value is -2.23. The van der Waals surface area contributed by atoms with Gasteiger partial charge in [-0.15, -0.1) is 0 Å². The van der Waals surface area contributed by atoms with Gasteiger partial charge in [0, 0.05) is 50.4 Å². The first-order valence-electron chi connectivity index (χ1n) is 9.20. The van der Waals surface area contributed by atoms with Gasteiger partial charge in [0.2, 0.25) is 10.0 Å². The molecule has 3 N–H and O–H groups in total. The van der Waals surface area contributed by atoms with Crippen molar-refractivity contribution in [3.05, 3.63) is 46.8 Å². The topological polar surface area (TPSA) is 107 Å². The standard InChI is InChI=1S/C18H23N5O3S/c24-18(17-15-12-19-8-7-16(15)21-22-17)20-11-13-3-5-14(6-4-13)27(25,26)23-9-1-2-10-23/h3-6,19H,1-2,7-12H2,(H,20,24)(H,21,22). The quantitative estimate of drug-likeness (QED) is 0.700. The lowest BCUT2D eigenvalue weighted by atomic mass is 10.1. The van der Waals surface area contributed by atoms with E-state index in [1.807, 2.05) is 0 Å². The highest BCUT2D eigenvalue weighted by molar-refractivity contribution is 7.89. The molecule has 27 heavy (non-hydrogen) atoms. The van der Waals surface area contributed by atoms with Crippen LogP contribution in [0.1, 0.15) is 40.2 Å². The Bertz CT molecular complexity index is 930. The molecule has 1 aromatic carbocycles. The average Bonchev–Trinajstić information content (AvgIpc) is 3.36. The molecule has 9 heteroatoms. The summed E-state index contributed by atoms with van der Waals surface area (Å²) in [7, 11) is -3.41. The summed E-state index contributed by atoms with van der Waals surface area (Å²) in [6, 6.07) is 6.69. The number of benzene rings is 1. The molecule has 4 rings (SSSR count). The number of hydrogen-bond donors (Lipinski definition) is 3. The van der Waals surface area contributed by atoms with Crippen molar-refractivity contribution in [3.8, 4) is 0 Å². The third-order valence-corrected chi connectivity index (χ3v) is 7.01. The van der Waals surface area contributed by atoms with Crippen molar-refractivity contribution in [3.63, 3.8) is 0 Å². The molecule has 0 radical (unpaired) electrons. The normalized spacial score (nSPS) is 17.6. The van der Waals surface area contributed by atoms with Crippen LogP contribution in [-0.2, 0) is 29.5 Å². The van der Waals surface area contributed by atoms with Crippen molar-refractivity contribution >= 4 is 15.9 Å². The van der Waals surface area contributed by atoms with Crippen molar-refractivity contribution in [2.24, 2.45) is 0 Å². The summed E-state index contributed by atoms with van der Waals surface area (Å²) in [4.78, 5) is 12.7. The summed E-state index contributed by atoms with van der Waals surface area (Å²) in [6.45, 7) is 3.00. The van der Waals surface area contributed by atoms with Crippen LogP contribution in [0.15, 0.2) is 29.2 Å². The molecule has 2 aliphatic heterocycles. The Morgan fingerprint density at radius 2 is 1.93 bits per heavy atom. The number of H-pyrrole nitrogens is 1. The molecule has 0 saturated carbocycles. The van der Waals surface area contributed by atoms with Crippen LogP contribution in [0, 0.1) is 0 Å². The number of nitrogens with zero attached hydrogens (tertiary/aromatic N) is 2. The number of sulfonamides is 1. The molecule has 1 amide bonds. The minimum Gasteiger partial charge on any atom is -0.347 e. The smallest absolute Gasteiger partial charge is 0.272 e. The van der Waals surface area contributed by atoms with Gasteiger partial charge >= 0.3 is 0 Å². The fourth-order valence-electron chi connectivity index (χ4n) is 3.54. The molecule has 1 saturated heterocycles. The van der Waals surface area contributed by atoms with E-state index in [1.165, 1.54) is 4.31 Å². The van der Waals surface area contributed by atoms with Gasteiger partial charge in [-0.1, -0.05) is 12.1 Å². The maximum atomic E-state index is 12.5. The van der Waals surface area contributed by atoms with E-state index >= 15 is 0 Å². The monoisotopic (exact) mass is 389 g/mol. The van der Waals surface area contributed by atoms with Gasteiger partial charge < -0.3 is 10.6 Å². The molecule has 0 bridgehead atoms. The van der Waals surface area contributed by atoms with Crippen LogP contribution in [0.4, 0.5) is 0 Å². The molecule has 0 spiro atoms. The molecule has 0 atom stereocenters. The van der Waals surface area contributed by atoms with Crippen molar-refractivity contribution in [1.82, 2.24) is 25.1 Å². The predicted octanol–water partition coefficient (Wildman–Crippen LogP) is 0.770. The van der Waals surface area contributed by atoms with Crippen LogP contribution < -0.4 is 10.6 Å². The maximum absolute atomic E-state index is 12.5. The number of fused-ring (bicyclic) bond motifs is 1. The SMILES string of the molecule is O=C(NCc1ccc(S(=O)(=O)N2CCCC2)cc1)c1n[nH]c2c1CNCC2. The lowest BCUT2D eigenvalue weighted by Gasteiger charge is -2.15. The summed E-state index contributed by atoms with van der Waals surface area (Å²) in [5.41, 5.74) is 3.19. The van der Waals surface area contributed by atoms with E-state index in [-0.39, 0.29) is 5.91 Å². The van der Waals surface area contributed by atoms with E-state index in [0.717, 1.165) is 42.6 Å². The second-order valence-corrected chi connectivity index (χ2v) is 8.83. The molecule has 1 fully saturated rings. The molecular weight excluding hydrogens is 366 g/mol. The number of aromatic amines is 1. The van der Waals surface area contributed by atoms with Gasteiger partial charge in [-0.3, -0.25) is 9.89 Å². The van der Waals surface area contributed by atoms with Crippen molar-refractivity contribution in [2.45, 2.75) is 37.2 Å². The summed E-state index contributed by atoms with van der Waals surface area (Å²) in [5.74, 6) is -0.232. The van der Waals surface area contributed by atoms with Crippen LogP contribution in [0.2, 0.25) is 0 Å². The third-order valence-electron chi connectivity index (χ3n) is 5.10. The molecule has 2 aliphatic rings. The van der Waals surface area contributed by atoms with Crippen LogP contribution in [0.25, 0.3) is 0 Å². The first-order chi connectivity index (χ1) is 13.1. The van der Waals surface area contributed by atoms with E-state index < -0.39 is 10.0 Å². The van der Waals surface area contributed by atoms with E-state index in [9.17, 15) is 13.2 Å². The minimum atomic E-state index is -3.41. The zero-order valence-corrected chi connectivity index (χ0v) is 15.8. The number of rotatable bonds is 5. The molecule has 0 aliphatic carbocycles. The zero-order chi connectivity index (χ0) is 18.9. The Kier molecular flexibility index (Phi) is 4.98. The molecule has 8 nitrogen and oxygen atoms in total. The van der Waals surface area contributed by atoms with E-state index in [2.05, 4.69) is 20.8 Å². The first-order valence-corrected chi connectivity index (χ1v) is 10.6. The second-order valence-electron chi connectivity index (χ2n) is 6.89. The van der Waals surface area contributed by atoms with Gasteiger partial charge in [0.15, 0.2) is 5.69 Å². The number of carbonyl (C=O) groups is 1. The van der Waals surface area contributed by atoms with Gasteiger partial charge in [-0.05, 0) is 30.5 Å². The number of hydrogen-bond acceptors (Lipinski definition) is 5. The maximum Gasteiger partial charge on any atom is 0.272 e. The van der Waals surface area contributed by atoms with Gasteiger partial charge in [-0.2, -0.15) is 9.40 Å². The van der Waals surface area contributed by atoms with Crippen LogP contribution in [-0.4, -0.2) is 48.5 Å². The van der Waals surface area contributed by atoms with Gasteiger partial charge in [0.05, 0.1) is 4.90 Å². The Balaban J connectivity index is 1.40. The fourth-order valence-corrected chi connectivity index (χ4v) is 5.05. The lowest BCUT2D eigenvalue weighted by Crippen LogP contribution is -2.28. The van der Waals surface area contributed by atoms with Crippen LogP contribution in [0.5, 0.6) is 0 Å². The highest BCUT2D eigenvalue weighted by Gasteiger charge is 2.27. The minimum absolute atomic E-state index is 0.232. The van der Waals surface area contributed by atoms with Gasteiger partial charge in [0.1, 0.15) is 0 Å². The molecule has 0 unspecified atom stereocenters.